The van der Waals surface area contributed by atoms with Gasteiger partial charge in [-0.3, -0.25) is 4.03 Å². The second kappa shape index (κ2) is 10.2. The summed E-state index contributed by atoms with van der Waals surface area (Å²) in [6, 6.07) is 39.6. The molecule has 0 saturated heterocycles. The minimum absolute atomic E-state index is 0.00146. The standard InChI is InChI=1S/C31H35NO2SSi/c1-30(2,3)36(28-21-13-7-14-22-28,29-23-15-8-16-24-29)32-35(34,27-19-11-6-12-20-27)25-31(4,33)26-17-9-5-10-18-26/h5-24,33H,25H2,1-4H3/t31-,35+/m1/s1. The van der Waals surface area contributed by atoms with Gasteiger partial charge in [-0.25, -0.2) is 4.21 Å². The molecule has 0 fully saturated rings. The lowest BCUT2D eigenvalue weighted by molar-refractivity contribution is 0.0826. The van der Waals surface area contributed by atoms with Crippen molar-refractivity contribution < 1.29 is 9.32 Å². The molecule has 0 aliphatic carbocycles. The van der Waals surface area contributed by atoms with E-state index < -0.39 is 23.6 Å². The summed E-state index contributed by atoms with van der Waals surface area (Å²) < 4.78 is 20.8. The van der Waals surface area contributed by atoms with E-state index in [-0.39, 0.29) is 10.8 Å². The molecule has 0 aliphatic heterocycles. The maximum atomic E-state index is 15.3. The first-order valence-corrected chi connectivity index (χ1v) is 15.9. The number of rotatable bonds is 7. The highest BCUT2D eigenvalue weighted by molar-refractivity contribution is 7.94. The Labute approximate surface area is 217 Å². The minimum atomic E-state index is -3.07. The van der Waals surface area contributed by atoms with Crippen LogP contribution in [0.15, 0.2) is 130 Å². The molecule has 2 atom stereocenters. The number of benzene rings is 4. The molecule has 4 aromatic rings. The first-order valence-electron chi connectivity index (χ1n) is 12.3. The smallest absolute Gasteiger partial charge is 0.260 e. The third-order valence-corrected chi connectivity index (χ3v) is 15.5. The fourth-order valence-electron chi connectivity index (χ4n) is 4.92. The summed E-state index contributed by atoms with van der Waals surface area (Å²) in [6.07, 6.45) is 0. The zero-order valence-electron chi connectivity index (χ0n) is 21.5. The van der Waals surface area contributed by atoms with Gasteiger partial charge in [0.15, 0.2) is 0 Å². The Morgan fingerprint density at radius 3 is 1.47 bits per heavy atom. The SMILES string of the molecule is CC(C)(C)[Si](N=[S@](=O)(C[C@@](C)(O)c1ccccc1)c1ccccc1)(c1ccccc1)c1ccccc1. The molecule has 5 heteroatoms. The van der Waals surface area contributed by atoms with Crippen molar-refractivity contribution in [3.8, 4) is 0 Å². The average molecular weight is 514 g/mol. The third-order valence-electron chi connectivity index (χ3n) is 6.74. The number of hydrogen-bond acceptors (Lipinski definition) is 3. The Morgan fingerprint density at radius 1 is 0.667 bits per heavy atom. The van der Waals surface area contributed by atoms with E-state index in [9.17, 15) is 5.11 Å². The number of aliphatic hydroxyl groups is 1. The monoisotopic (exact) mass is 513 g/mol. The first kappa shape index (κ1) is 26.1. The lowest BCUT2D eigenvalue weighted by atomic mass is 9.99. The maximum absolute atomic E-state index is 15.3. The highest BCUT2D eigenvalue weighted by Gasteiger charge is 2.50. The van der Waals surface area contributed by atoms with Crippen molar-refractivity contribution in [2.45, 2.75) is 43.2 Å². The zero-order chi connectivity index (χ0) is 25.9. The van der Waals surface area contributed by atoms with Crippen molar-refractivity contribution in [3.05, 3.63) is 127 Å². The summed E-state index contributed by atoms with van der Waals surface area (Å²) in [4.78, 5) is 0.647. The minimum Gasteiger partial charge on any atom is -0.384 e. The van der Waals surface area contributed by atoms with E-state index in [1.54, 1.807) is 6.92 Å². The Bertz CT molecular complexity index is 1350. The van der Waals surface area contributed by atoms with Crippen LogP contribution < -0.4 is 10.4 Å². The van der Waals surface area contributed by atoms with Gasteiger partial charge in [0.05, 0.1) is 21.1 Å². The summed E-state index contributed by atoms with van der Waals surface area (Å²) >= 11 is 0. The largest absolute Gasteiger partial charge is 0.384 e. The van der Waals surface area contributed by atoms with Crippen molar-refractivity contribution in [1.82, 2.24) is 0 Å². The van der Waals surface area contributed by atoms with Crippen LogP contribution in [0, 0.1) is 0 Å². The Balaban J connectivity index is 2.08. The fraction of sp³-hybridized carbons (Fsp3) is 0.226. The van der Waals surface area contributed by atoms with E-state index in [4.69, 9.17) is 4.03 Å². The van der Waals surface area contributed by atoms with Crippen molar-refractivity contribution in [1.29, 1.82) is 0 Å². The Hall–Kier alpha value is -2.99. The third kappa shape index (κ3) is 5.10. The van der Waals surface area contributed by atoms with Crippen molar-refractivity contribution >= 4 is 28.3 Å². The van der Waals surface area contributed by atoms with Gasteiger partial charge in [0.25, 0.3) is 8.24 Å². The highest BCUT2D eigenvalue weighted by Crippen LogP contribution is 2.39. The molecule has 36 heavy (non-hydrogen) atoms. The summed E-state index contributed by atoms with van der Waals surface area (Å²) in [6.45, 7) is 8.33. The lowest BCUT2D eigenvalue weighted by Gasteiger charge is -2.41. The van der Waals surface area contributed by atoms with Gasteiger partial charge in [-0.1, -0.05) is 130 Å². The van der Waals surface area contributed by atoms with E-state index in [0.29, 0.717) is 4.90 Å². The van der Waals surface area contributed by atoms with Gasteiger partial charge in [0, 0.05) is 4.90 Å². The van der Waals surface area contributed by atoms with E-state index >= 15 is 4.21 Å². The van der Waals surface area contributed by atoms with Gasteiger partial charge >= 0.3 is 0 Å². The Morgan fingerprint density at radius 2 is 1.06 bits per heavy atom. The van der Waals surface area contributed by atoms with Gasteiger partial charge in [0.2, 0.25) is 0 Å². The molecule has 0 saturated carbocycles. The van der Waals surface area contributed by atoms with E-state index in [1.807, 2.05) is 97.1 Å². The normalized spacial score (nSPS) is 15.5. The molecule has 186 valence electrons. The zero-order valence-corrected chi connectivity index (χ0v) is 23.3. The quantitative estimate of drug-likeness (QED) is 0.309. The van der Waals surface area contributed by atoms with Crippen molar-refractivity contribution in [2.75, 3.05) is 5.75 Å². The summed E-state index contributed by atoms with van der Waals surface area (Å²) in [5.74, 6) is -0.00146. The number of hydrogen-bond donors (Lipinski definition) is 1. The second-order valence-corrected chi connectivity index (χ2v) is 17.4. The molecular formula is C31H35NO2SSi. The van der Waals surface area contributed by atoms with Crippen LogP contribution in [0.2, 0.25) is 5.04 Å². The van der Waals surface area contributed by atoms with Crippen LogP contribution in [-0.4, -0.2) is 23.3 Å². The molecule has 4 rings (SSSR count). The second-order valence-electron chi connectivity index (χ2n) is 10.5. The molecule has 3 nitrogen and oxygen atoms in total. The molecule has 0 bridgehead atoms. The molecule has 0 heterocycles. The lowest BCUT2D eigenvalue weighted by Crippen LogP contribution is -2.63. The molecular weight excluding hydrogens is 478 g/mol. The molecule has 0 spiro atoms. The van der Waals surface area contributed by atoms with E-state index in [0.717, 1.165) is 15.9 Å². The van der Waals surface area contributed by atoms with Crippen LogP contribution in [0.3, 0.4) is 0 Å². The van der Waals surface area contributed by atoms with Crippen molar-refractivity contribution in [2.24, 2.45) is 4.03 Å². The van der Waals surface area contributed by atoms with Gasteiger partial charge in [-0.2, -0.15) is 0 Å². The maximum Gasteiger partial charge on any atom is 0.260 e. The molecule has 0 amide bonds. The molecule has 1 N–H and O–H groups in total. The van der Waals surface area contributed by atoms with Crippen LogP contribution in [0.25, 0.3) is 0 Å². The predicted molar refractivity (Wildman–Crippen MR) is 154 cm³/mol. The van der Waals surface area contributed by atoms with Gasteiger partial charge in [0.1, 0.15) is 0 Å². The van der Waals surface area contributed by atoms with Crippen LogP contribution in [-0.2, 0) is 15.3 Å². The fourth-order valence-corrected chi connectivity index (χ4v) is 14.4. The average Bonchev–Trinajstić information content (AvgIpc) is 2.88. The summed E-state index contributed by atoms with van der Waals surface area (Å²) in [7, 11) is -6.10. The summed E-state index contributed by atoms with van der Waals surface area (Å²) in [5.41, 5.74) is -0.602. The molecule has 0 radical (unpaired) electrons. The van der Waals surface area contributed by atoms with Gasteiger partial charge in [-0.05, 0) is 40.0 Å². The van der Waals surface area contributed by atoms with Crippen LogP contribution in [0.1, 0.15) is 33.3 Å². The molecule has 0 aromatic heterocycles. The summed E-state index contributed by atoms with van der Waals surface area (Å²) in [5, 5.41) is 13.6. The van der Waals surface area contributed by atoms with E-state index in [2.05, 4.69) is 45.0 Å². The molecule has 0 unspecified atom stereocenters. The first-order chi connectivity index (χ1) is 17.1. The highest BCUT2D eigenvalue weighted by atomic mass is 32.2. The molecule has 4 aromatic carbocycles. The Kier molecular flexibility index (Phi) is 7.37. The van der Waals surface area contributed by atoms with E-state index in [1.165, 1.54) is 0 Å². The topological polar surface area (TPSA) is 49.7 Å². The van der Waals surface area contributed by atoms with Crippen LogP contribution in [0.4, 0.5) is 0 Å². The van der Waals surface area contributed by atoms with Crippen LogP contribution >= 0.6 is 0 Å². The van der Waals surface area contributed by atoms with Crippen LogP contribution in [0.5, 0.6) is 0 Å². The molecule has 0 aliphatic rings. The predicted octanol–water partition coefficient (Wildman–Crippen LogP) is 5.98. The van der Waals surface area contributed by atoms with Crippen molar-refractivity contribution in [3.63, 3.8) is 0 Å². The number of nitrogens with zero attached hydrogens (tertiary/aromatic N) is 1. The van der Waals surface area contributed by atoms with Gasteiger partial charge < -0.3 is 5.11 Å². The van der Waals surface area contributed by atoms with Gasteiger partial charge in [-0.15, -0.1) is 0 Å².